The average Bonchev–Trinajstić information content (AvgIpc) is 2.24. The SMILES string of the molecule is O=C(O)OOc1ccccc1OOC(=O)O. The van der Waals surface area contributed by atoms with Crippen LogP contribution in [0.2, 0.25) is 0 Å². The molecule has 0 amide bonds. The molecule has 8 heteroatoms. The van der Waals surface area contributed by atoms with Crippen LogP contribution in [0.25, 0.3) is 0 Å². The predicted molar refractivity (Wildman–Crippen MR) is 45.9 cm³/mol. The zero-order valence-corrected chi connectivity index (χ0v) is 7.65. The molecule has 2 N–H and O–H groups in total. The molecule has 0 atom stereocenters. The first-order chi connectivity index (χ1) is 7.59. The molecule has 86 valence electrons. The second-order valence-electron chi connectivity index (χ2n) is 2.31. The number of hydrogen-bond acceptors (Lipinski definition) is 6. The van der Waals surface area contributed by atoms with E-state index in [0.717, 1.165) is 0 Å². The molecule has 0 aliphatic carbocycles. The molecule has 0 saturated heterocycles. The molecule has 0 unspecified atom stereocenters. The molecule has 0 aromatic heterocycles. The zero-order chi connectivity index (χ0) is 12.0. The summed E-state index contributed by atoms with van der Waals surface area (Å²) in [5.41, 5.74) is 0. The van der Waals surface area contributed by atoms with Gasteiger partial charge in [0.25, 0.3) is 0 Å². The summed E-state index contributed by atoms with van der Waals surface area (Å²) in [6, 6.07) is 5.58. The molecule has 0 radical (unpaired) electrons. The van der Waals surface area contributed by atoms with Crippen LogP contribution in [0.1, 0.15) is 0 Å². The maximum atomic E-state index is 10.0. The quantitative estimate of drug-likeness (QED) is 0.593. The summed E-state index contributed by atoms with van der Waals surface area (Å²) in [6.07, 6.45) is -3.32. The van der Waals surface area contributed by atoms with Gasteiger partial charge in [-0.2, -0.15) is 0 Å². The Bertz CT molecular complexity index is 350. The number of carboxylic acid groups (broad SMARTS) is 2. The first-order valence-electron chi connectivity index (χ1n) is 3.83. The Kier molecular flexibility index (Phi) is 3.78. The highest BCUT2D eigenvalue weighted by molar-refractivity contribution is 5.57. The van der Waals surface area contributed by atoms with Crippen LogP contribution < -0.4 is 9.78 Å². The van der Waals surface area contributed by atoms with Crippen LogP contribution in [0, 0.1) is 0 Å². The highest BCUT2D eigenvalue weighted by atomic mass is 17.2. The van der Waals surface area contributed by atoms with Gasteiger partial charge >= 0.3 is 12.3 Å². The molecule has 0 bridgehead atoms. The summed E-state index contributed by atoms with van der Waals surface area (Å²) < 4.78 is 0. The second-order valence-corrected chi connectivity index (χ2v) is 2.31. The van der Waals surface area contributed by atoms with E-state index >= 15 is 0 Å². The van der Waals surface area contributed by atoms with Gasteiger partial charge in [0.1, 0.15) is 0 Å². The van der Waals surface area contributed by atoms with Gasteiger partial charge in [-0.25, -0.2) is 19.4 Å². The van der Waals surface area contributed by atoms with Crippen molar-refractivity contribution in [3.8, 4) is 11.5 Å². The lowest BCUT2D eigenvalue weighted by atomic mass is 10.3. The van der Waals surface area contributed by atoms with E-state index in [1.54, 1.807) is 0 Å². The monoisotopic (exact) mass is 230 g/mol. The molecule has 8 nitrogen and oxygen atoms in total. The Morgan fingerprint density at radius 2 is 1.25 bits per heavy atom. The third kappa shape index (κ3) is 3.62. The minimum atomic E-state index is -1.66. The molecule has 0 aliphatic heterocycles. The van der Waals surface area contributed by atoms with E-state index in [-0.39, 0.29) is 11.5 Å². The van der Waals surface area contributed by atoms with Gasteiger partial charge in [-0.15, -0.1) is 0 Å². The van der Waals surface area contributed by atoms with E-state index in [1.807, 2.05) is 0 Å². The number of para-hydroxylation sites is 2. The summed E-state index contributed by atoms with van der Waals surface area (Å²) >= 11 is 0. The summed E-state index contributed by atoms with van der Waals surface area (Å²) in [7, 11) is 0. The summed E-state index contributed by atoms with van der Waals surface area (Å²) in [6.45, 7) is 0. The van der Waals surface area contributed by atoms with Gasteiger partial charge in [0.05, 0.1) is 0 Å². The van der Waals surface area contributed by atoms with Crippen LogP contribution in [0.4, 0.5) is 9.59 Å². The van der Waals surface area contributed by atoms with Gasteiger partial charge in [-0.1, -0.05) is 12.1 Å². The van der Waals surface area contributed by atoms with Crippen molar-refractivity contribution in [3.63, 3.8) is 0 Å². The van der Waals surface area contributed by atoms with E-state index in [1.165, 1.54) is 24.3 Å². The maximum absolute atomic E-state index is 10.0. The summed E-state index contributed by atoms with van der Waals surface area (Å²) in [5, 5.41) is 16.3. The van der Waals surface area contributed by atoms with Crippen LogP contribution in [-0.2, 0) is 9.78 Å². The molecular formula is C8H6O8. The zero-order valence-electron chi connectivity index (χ0n) is 7.65. The maximum Gasteiger partial charge on any atom is 0.547 e. The molecule has 1 aromatic rings. The van der Waals surface area contributed by atoms with Gasteiger partial charge in [-0.3, -0.25) is 9.78 Å². The summed E-state index contributed by atoms with van der Waals surface area (Å²) in [4.78, 5) is 36.4. The number of benzene rings is 1. The lowest BCUT2D eigenvalue weighted by Gasteiger charge is -2.05. The van der Waals surface area contributed by atoms with Crippen LogP contribution in [-0.4, -0.2) is 22.5 Å². The van der Waals surface area contributed by atoms with E-state index in [2.05, 4.69) is 19.6 Å². The predicted octanol–water partition coefficient (Wildman–Crippen LogP) is 1.66. The third-order valence-corrected chi connectivity index (χ3v) is 1.25. The normalized spacial score (nSPS) is 9.00. The molecule has 0 saturated carbocycles. The third-order valence-electron chi connectivity index (χ3n) is 1.25. The fourth-order valence-corrected chi connectivity index (χ4v) is 0.749. The average molecular weight is 230 g/mol. The van der Waals surface area contributed by atoms with E-state index in [0.29, 0.717) is 0 Å². The van der Waals surface area contributed by atoms with E-state index in [9.17, 15) is 9.59 Å². The van der Waals surface area contributed by atoms with E-state index < -0.39 is 12.3 Å². The summed E-state index contributed by atoms with van der Waals surface area (Å²) in [5.74, 6) is -0.294. The lowest BCUT2D eigenvalue weighted by molar-refractivity contribution is -0.183. The molecule has 1 aromatic carbocycles. The van der Waals surface area contributed by atoms with Crippen molar-refractivity contribution < 1.29 is 39.4 Å². The number of carbonyl (C=O) groups is 2. The Hall–Kier alpha value is -2.64. The van der Waals surface area contributed by atoms with Gasteiger partial charge < -0.3 is 10.2 Å². The Balaban J connectivity index is 2.67. The molecule has 1 rings (SSSR count). The molecular weight excluding hydrogens is 224 g/mol. The molecule has 0 heterocycles. The molecule has 0 aliphatic rings. The van der Waals surface area contributed by atoms with Crippen LogP contribution in [0.5, 0.6) is 11.5 Å². The van der Waals surface area contributed by atoms with Crippen molar-refractivity contribution in [3.05, 3.63) is 24.3 Å². The van der Waals surface area contributed by atoms with Gasteiger partial charge in [0, 0.05) is 0 Å². The van der Waals surface area contributed by atoms with E-state index in [4.69, 9.17) is 10.2 Å². The first kappa shape index (κ1) is 11.4. The largest absolute Gasteiger partial charge is 0.547 e. The van der Waals surface area contributed by atoms with Gasteiger partial charge in [0.15, 0.2) is 0 Å². The minimum absolute atomic E-state index is 0.147. The highest BCUT2D eigenvalue weighted by Crippen LogP contribution is 2.26. The van der Waals surface area contributed by atoms with Crippen LogP contribution in [0.15, 0.2) is 24.3 Å². The second kappa shape index (κ2) is 5.29. The molecule has 0 spiro atoms. The Morgan fingerprint density at radius 1 is 0.875 bits per heavy atom. The van der Waals surface area contributed by atoms with Crippen molar-refractivity contribution >= 4 is 12.3 Å². The standard InChI is InChI=1S/C8H6O8/c9-7(10)15-13-5-3-1-2-4-6(5)14-16-8(11)12/h1-4H,(H,9,10)(H,11,12). The van der Waals surface area contributed by atoms with Crippen molar-refractivity contribution in [1.82, 2.24) is 0 Å². The van der Waals surface area contributed by atoms with Gasteiger partial charge in [-0.05, 0) is 12.1 Å². The fraction of sp³-hybridized carbons (Fsp3) is 0. The van der Waals surface area contributed by atoms with Crippen molar-refractivity contribution in [2.75, 3.05) is 0 Å². The van der Waals surface area contributed by atoms with Crippen LogP contribution >= 0.6 is 0 Å². The van der Waals surface area contributed by atoms with Crippen molar-refractivity contribution in [1.29, 1.82) is 0 Å². The fourth-order valence-electron chi connectivity index (χ4n) is 0.749. The Labute approximate surface area is 88.4 Å². The smallest absolute Gasteiger partial charge is 0.447 e. The minimum Gasteiger partial charge on any atom is -0.447 e. The van der Waals surface area contributed by atoms with Crippen LogP contribution in [0.3, 0.4) is 0 Å². The topological polar surface area (TPSA) is 112 Å². The number of rotatable bonds is 4. The van der Waals surface area contributed by atoms with Crippen molar-refractivity contribution in [2.24, 2.45) is 0 Å². The first-order valence-corrected chi connectivity index (χ1v) is 3.83. The number of hydrogen-bond donors (Lipinski definition) is 2. The van der Waals surface area contributed by atoms with Gasteiger partial charge in [0.2, 0.25) is 11.5 Å². The Morgan fingerprint density at radius 3 is 1.56 bits per heavy atom. The lowest BCUT2D eigenvalue weighted by Crippen LogP contribution is -2.07. The molecule has 16 heavy (non-hydrogen) atoms. The molecule has 0 fully saturated rings. The van der Waals surface area contributed by atoms with Crippen molar-refractivity contribution in [2.45, 2.75) is 0 Å². The highest BCUT2D eigenvalue weighted by Gasteiger charge is 2.11.